The molecule has 182 valence electrons. The number of aromatic nitrogens is 3. The summed E-state index contributed by atoms with van der Waals surface area (Å²) in [6, 6.07) is 14.5. The van der Waals surface area contributed by atoms with E-state index in [9.17, 15) is 9.59 Å². The molecule has 0 spiro atoms. The Bertz CT molecular complexity index is 1440. The quantitative estimate of drug-likeness (QED) is 0.417. The molecule has 1 N–H and O–H groups in total. The number of carbonyl (C=O) groups is 1. The molecule has 0 atom stereocenters. The van der Waals surface area contributed by atoms with Crippen LogP contribution in [-0.4, -0.2) is 41.4 Å². The standard InChI is InChI=1S/C26H28N4O5/c1-16-20(11-13-24(31)27-18-8-12-22(34-4)23(14-18)35-5)26(32)30-25(29(16)2)15-21(28-30)17-6-9-19(33-3)10-7-17/h6-10,12,14-15H,11,13H2,1-5H3,(H,27,31). The number of nitrogens with zero attached hydrogens (tertiary/aromatic N) is 3. The number of methoxy groups -OCH3 is 3. The van der Waals surface area contributed by atoms with Gasteiger partial charge in [-0.3, -0.25) is 9.59 Å². The molecular formula is C26H28N4O5. The summed E-state index contributed by atoms with van der Waals surface area (Å²) in [6.07, 6.45) is 0.424. The van der Waals surface area contributed by atoms with E-state index in [4.69, 9.17) is 14.2 Å². The largest absolute Gasteiger partial charge is 0.497 e. The molecule has 1 amide bonds. The summed E-state index contributed by atoms with van der Waals surface area (Å²) in [7, 11) is 6.58. The maximum Gasteiger partial charge on any atom is 0.277 e. The first kappa shape index (κ1) is 23.9. The van der Waals surface area contributed by atoms with Crippen molar-refractivity contribution in [2.75, 3.05) is 26.6 Å². The Labute approximate surface area is 202 Å². The Morgan fingerprint density at radius 3 is 2.34 bits per heavy atom. The zero-order chi connectivity index (χ0) is 25.1. The van der Waals surface area contributed by atoms with Crippen molar-refractivity contribution in [1.29, 1.82) is 0 Å². The molecule has 9 heteroatoms. The number of aryl methyl sites for hydroxylation is 1. The van der Waals surface area contributed by atoms with Gasteiger partial charge in [0.05, 0.1) is 27.0 Å². The van der Waals surface area contributed by atoms with Crippen LogP contribution in [0.1, 0.15) is 17.7 Å². The van der Waals surface area contributed by atoms with Gasteiger partial charge in [0.1, 0.15) is 11.4 Å². The molecule has 0 aliphatic carbocycles. The van der Waals surface area contributed by atoms with Crippen molar-refractivity contribution in [3.8, 4) is 28.5 Å². The lowest BCUT2D eigenvalue weighted by Gasteiger charge is -2.13. The van der Waals surface area contributed by atoms with Crippen molar-refractivity contribution in [3.05, 3.63) is 70.1 Å². The SMILES string of the molecule is COc1ccc(-c2cc3n(C)c(C)c(CCC(=O)Nc4ccc(OC)c(OC)c4)c(=O)n3n2)cc1. The monoisotopic (exact) mass is 476 g/mol. The molecule has 0 radical (unpaired) electrons. The molecule has 0 bridgehead atoms. The van der Waals surface area contributed by atoms with Gasteiger partial charge in [-0.2, -0.15) is 9.61 Å². The number of nitrogens with one attached hydrogen (secondary N) is 1. The molecule has 2 aromatic heterocycles. The second-order valence-electron chi connectivity index (χ2n) is 8.07. The molecule has 2 heterocycles. The van der Waals surface area contributed by atoms with Gasteiger partial charge in [-0.25, -0.2) is 0 Å². The highest BCUT2D eigenvalue weighted by atomic mass is 16.5. The molecule has 2 aromatic carbocycles. The van der Waals surface area contributed by atoms with Gasteiger partial charge >= 0.3 is 0 Å². The van der Waals surface area contributed by atoms with E-state index >= 15 is 0 Å². The van der Waals surface area contributed by atoms with Crippen LogP contribution in [0.25, 0.3) is 16.9 Å². The van der Waals surface area contributed by atoms with Crippen LogP contribution in [0.15, 0.2) is 53.3 Å². The Balaban J connectivity index is 1.56. The first-order valence-corrected chi connectivity index (χ1v) is 11.1. The van der Waals surface area contributed by atoms with Gasteiger partial charge in [0.2, 0.25) is 5.91 Å². The number of benzene rings is 2. The lowest BCUT2D eigenvalue weighted by atomic mass is 10.1. The van der Waals surface area contributed by atoms with Crippen molar-refractivity contribution in [3.63, 3.8) is 0 Å². The molecule has 0 fully saturated rings. The lowest BCUT2D eigenvalue weighted by Crippen LogP contribution is -2.26. The Morgan fingerprint density at radius 2 is 1.69 bits per heavy atom. The minimum atomic E-state index is -0.228. The van der Waals surface area contributed by atoms with E-state index in [2.05, 4.69) is 10.4 Å². The smallest absolute Gasteiger partial charge is 0.277 e. The second kappa shape index (κ2) is 9.92. The van der Waals surface area contributed by atoms with E-state index in [1.165, 1.54) is 11.6 Å². The van der Waals surface area contributed by atoms with Crippen LogP contribution >= 0.6 is 0 Å². The lowest BCUT2D eigenvalue weighted by molar-refractivity contribution is -0.116. The predicted octanol–water partition coefficient (Wildman–Crippen LogP) is 3.61. The van der Waals surface area contributed by atoms with Crippen LogP contribution in [0.3, 0.4) is 0 Å². The first-order chi connectivity index (χ1) is 16.9. The summed E-state index contributed by atoms with van der Waals surface area (Å²) >= 11 is 0. The Morgan fingerprint density at radius 1 is 0.971 bits per heavy atom. The average molecular weight is 477 g/mol. The molecule has 4 aromatic rings. The summed E-state index contributed by atoms with van der Waals surface area (Å²) < 4.78 is 19.0. The fourth-order valence-electron chi connectivity index (χ4n) is 3.98. The van der Waals surface area contributed by atoms with Gasteiger partial charge in [-0.05, 0) is 49.7 Å². The minimum Gasteiger partial charge on any atom is -0.497 e. The van der Waals surface area contributed by atoms with Gasteiger partial charge < -0.3 is 24.1 Å². The highest BCUT2D eigenvalue weighted by Gasteiger charge is 2.17. The number of ether oxygens (including phenoxy) is 3. The topological polar surface area (TPSA) is 96.1 Å². The zero-order valence-electron chi connectivity index (χ0n) is 20.4. The summed E-state index contributed by atoms with van der Waals surface area (Å²) in [5.41, 5.74) is 3.94. The van der Waals surface area contributed by atoms with Crippen molar-refractivity contribution < 1.29 is 19.0 Å². The maximum absolute atomic E-state index is 13.3. The molecule has 9 nitrogen and oxygen atoms in total. The van der Waals surface area contributed by atoms with Crippen LogP contribution in [0, 0.1) is 6.92 Å². The fraction of sp³-hybridized carbons (Fsp3) is 0.269. The van der Waals surface area contributed by atoms with Crippen LogP contribution in [-0.2, 0) is 18.3 Å². The van der Waals surface area contributed by atoms with E-state index < -0.39 is 0 Å². The molecule has 0 aliphatic rings. The third kappa shape index (κ3) is 4.70. The average Bonchev–Trinajstić information content (AvgIpc) is 3.33. The van der Waals surface area contributed by atoms with Crippen molar-refractivity contribution >= 4 is 17.2 Å². The van der Waals surface area contributed by atoms with Crippen molar-refractivity contribution in [2.45, 2.75) is 19.8 Å². The molecule has 4 rings (SSSR count). The van der Waals surface area contributed by atoms with E-state index in [1.54, 1.807) is 32.4 Å². The van der Waals surface area contributed by atoms with Crippen molar-refractivity contribution in [2.24, 2.45) is 7.05 Å². The first-order valence-electron chi connectivity index (χ1n) is 11.1. The fourth-order valence-corrected chi connectivity index (χ4v) is 3.98. The number of carbonyl (C=O) groups excluding carboxylic acids is 1. The molecule has 0 aliphatic heterocycles. The highest BCUT2D eigenvalue weighted by molar-refractivity contribution is 5.91. The number of rotatable bonds is 8. The third-order valence-corrected chi connectivity index (χ3v) is 6.08. The van der Waals surface area contributed by atoms with E-state index in [0.29, 0.717) is 34.1 Å². The van der Waals surface area contributed by atoms with Gasteiger partial charge in [0, 0.05) is 48.1 Å². The van der Waals surface area contributed by atoms with Crippen LogP contribution in [0.4, 0.5) is 5.69 Å². The zero-order valence-corrected chi connectivity index (χ0v) is 20.4. The highest BCUT2D eigenvalue weighted by Crippen LogP contribution is 2.30. The molecule has 0 saturated heterocycles. The van der Waals surface area contributed by atoms with Gasteiger partial charge in [-0.1, -0.05) is 0 Å². The van der Waals surface area contributed by atoms with E-state index in [-0.39, 0.29) is 24.3 Å². The predicted molar refractivity (Wildman–Crippen MR) is 134 cm³/mol. The van der Waals surface area contributed by atoms with Crippen LogP contribution in [0.5, 0.6) is 17.2 Å². The van der Waals surface area contributed by atoms with Gasteiger partial charge in [0.25, 0.3) is 5.56 Å². The summed E-state index contributed by atoms with van der Waals surface area (Å²) in [6.45, 7) is 1.88. The van der Waals surface area contributed by atoms with E-state index in [1.807, 2.05) is 48.9 Å². The van der Waals surface area contributed by atoms with Crippen molar-refractivity contribution in [1.82, 2.24) is 14.2 Å². The number of hydrogen-bond donors (Lipinski definition) is 1. The van der Waals surface area contributed by atoms with Crippen LogP contribution < -0.4 is 25.1 Å². The number of hydrogen-bond acceptors (Lipinski definition) is 6. The number of fused-ring (bicyclic) bond motifs is 1. The molecule has 0 saturated carbocycles. The molecule has 35 heavy (non-hydrogen) atoms. The van der Waals surface area contributed by atoms with E-state index in [0.717, 1.165) is 17.0 Å². The Kier molecular flexibility index (Phi) is 6.77. The third-order valence-electron chi connectivity index (χ3n) is 6.08. The number of anilines is 1. The molecular weight excluding hydrogens is 448 g/mol. The normalized spacial score (nSPS) is 10.9. The van der Waals surface area contributed by atoms with Gasteiger partial charge in [-0.15, -0.1) is 0 Å². The summed E-state index contributed by atoms with van der Waals surface area (Å²) in [5, 5.41) is 7.39. The number of amides is 1. The Hall–Kier alpha value is -4.27. The summed E-state index contributed by atoms with van der Waals surface area (Å²) in [4.78, 5) is 25.9. The molecule has 0 unspecified atom stereocenters. The van der Waals surface area contributed by atoms with Gasteiger partial charge in [0.15, 0.2) is 11.5 Å². The second-order valence-corrected chi connectivity index (χ2v) is 8.07. The summed E-state index contributed by atoms with van der Waals surface area (Å²) in [5.74, 6) is 1.63. The maximum atomic E-state index is 13.3. The minimum absolute atomic E-state index is 0.141. The van der Waals surface area contributed by atoms with Crippen LogP contribution in [0.2, 0.25) is 0 Å².